The number of rotatable bonds is 10. The molecule has 1 fully saturated rings. The standard InChI is InChI=1S/C30H32F3N5O5S/c1-19-24(43-26-16-30(32,33)12-9-22(26)23-10-14-36-37(23)2)7-8-27(29(19)31)44(39,40)38(28-11-13-34-18-35-28)17-20-5-6-21(41-3)15-25(20)42-4/h5-8,10-11,13-15,18,22,26H,9,12,16-17H2,1-4H3. The molecule has 1 saturated carbocycles. The van der Waals surface area contributed by atoms with Crippen LogP contribution in [0.25, 0.3) is 0 Å². The molecule has 2 aromatic carbocycles. The van der Waals surface area contributed by atoms with Crippen molar-refractivity contribution in [2.45, 2.75) is 55.6 Å². The lowest BCUT2D eigenvalue weighted by atomic mass is 9.82. The Balaban J connectivity index is 1.50. The minimum absolute atomic E-state index is 0.00120. The SMILES string of the molecule is COc1ccc(CN(c2ccncn2)S(=O)(=O)c2ccc(OC3CC(F)(F)CCC3c3ccnn3C)c(C)c2F)c(OC)c1. The Bertz CT molecular complexity index is 1740. The third-order valence-electron chi connectivity index (χ3n) is 7.79. The normalized spacial score (nSPS) is 18.1. The first kappa shape index (κ1) is 31.1. The van der Waals surface area contributed by atoms with Gasteiger partial charge < -0.3 is 14.2 Å². The Morgan fingerprint density at radius 3 is 2.52 bits per heavy atom. The summed E-state index contributed by atoms with van der Waals surface area (Å²) in [6, 6.07) is 10.4. The van der Waals surface area contributed by atoms with Crippen LogP contribution in [0.5, 0.6) is 17.2 Å². The van der Waals surface area contributed by atoms with E-state index < -0.39 is 45.1 Å². The van der Waals surface area contributed by atoms with E-state index in [1.54, 1.807) is 42.2 Å². The molecular weight excluding hydrogens is 599 g/mol. The average Bonchev–Trinajstić information content (AvgIpc) is 3.43. The van der Waals surface area contributed by atoms with Crippen molar-refractivity contribution >= 4 is 15.8 Å². The van der Waals surface area contributed by atoms with Crippen LogP contribution < -0.4 is 18.5 Å². The fourth-order valence-corrected chi connectivity index (χ4v) is 6.93. The molecule has 1 aliphatic rings. The lowest BCUT2D eigenvalue weighted by Crippen LogP contribution is -2.39. The van der Waals surface area contributed by atoms with Gasteiger partial charge in [-0.25, -0.2) is 35.9 Å². The summed E-state index contributed by atoms with van der Waals surface area (Å²) in [4.78, 5) is 7.33. The van der Waals surface area contributed by atoms with Crippen LogP contribution in [0, 0.1) is 12.7 Å². The number of ether oxygens (including phenoxy) is 3. The van der Waals surface area contributed by atoms with Gasteiger partial charge in [0.15, 0.2) is 0 Å². The van der Waals surface area contributed by atoms with Crippen LogP contribution >= 0.6 is 0 Å². The summed E-state index contributed by atoms with van der Waals surface area (Å²) in [5.41, 5.74) is 1.05. The molecule has 234 valence electrons. The number of aromatic nitrogens is 4. The van der Waals surface area contributed by atoms with E-state index in [4.69, 9.17) is 14.2 Å². The van der Waals surface area contributed by atoms with E-state index in [2.05, 4.69) is 15.1 Å². The van der Waals surface area contributed by atoms with Gasteiger partial charge in [0.25, 0.3) is 15.9 Å². The van der Waals surface area contributed by atoms with Crippen LogP contribution in [-0.2, 0) is 23.6 Å². The van der Waals surface area contributed by atoms with Crippen LogP contribution in [0.1, 0.15) is 42.0 Å². The number of benzene rings is 2. The minimum atomic E-state index is -4.57. The summed E-state index contributed by atoms with van der Waals surface area (Å²) < 4.78 is 92.5. The lowest BCUT2D eigenvalue weighted by molar-refractivity contribution is -0.0782. The maximum Gasteiger partial charge on any atom is 0.268 e. The summed E-state index contributed by atoms with van der Waals surface area (Å²) in [6.45, 7) is 1.10. The summed E-state index contributed by atoms with van der Waals surface area (Å²) in [7, 11) is 0.0692. The van der Waals surface area contributed by atoms with Crippen molar-refractivity contribution < 1.29 is 35.8 Å². The molecule has 4 aromatic rings. The maximum atomic E-state index is 16.0. The zero-order valence-electron chi connectivity index (χ0n) is 24.6. The number of halogens is 3. The zero-order valence-corrected chi connectivity index (χ0v) is 25.4. The lowest BCUT2D eigenvalue weighted by Gasteiger charge is -2.36. The number of hydrogen-bond donors (Lipinski definition) is 0. The van der Waals surface area contributed by atoms with Crippen LogP contribution in [-0.4, -0.2) is 54.4 Å². The topological polar surface area (TPSA) is 109 Å². The molecule has 0 amide bonds. The van der Waals surface area contributed by atoms with Gasteiger partial charge >= 0.3 is 0 Å². The molecule has 10 nitrogen and oxygen atoms in total. The van der Waals surface area contributed by atoms with Crippen LogP contribution in [0.2, 0.25) is 0 Å². The predicted octanol–water partition coefficient (Wildman–Crippen LogP) is 5.42. The van der Waals surface area contributed by atoms with Gasteiger partial charge in [0.1, 0.15) is 46.2 Å². The number of sulfonamides is 1. The predicted molar refractivity (Wildman–Crippen MR) is 155 cm³/mol. The quantitative estimate of drug-likeness (QED) is 0.228. The number of aryl methyl sites for hydroxylation is 1. The fourth-order valence-electron chi connectivity index (χ4n) is 5.41. The molecule has 44 heavy (non-hydrogen) atoms. The van der Waals surface area contributed by atoms with E-state index in [0.29, 0.717) is 17.1 Å². The molecule has 14 heteroatoms. The van der Waals surface area contributed by atoms with E-state index in [0.717, 1.165) is 16.1 Å². The minimum Gasteiger partial charge on any atom is -0.497 e. The number of methoxy groups -OCH3 is 2. The Morgan fingerprint density at radius 2 is 1.86 bits per heavy atom. The highest BCUT2D eigenvalue weighted by molar-refractivity contribution is 7.92. The highest BCUT2D eigenvalue weighted by Gasteiger charge is 2.44. The molecule has 2 atom stereocenters. The van der Waals surface area contributed by atoms with E-state index in [9.17, 15) is 17.2 Å². The van der Waals surface area contributed by atoms with Gasteiger partial charge in [0, 0.05) is 67.2 Å². The number of alkyl halides is 2. The molecule has 0 bridgehead atoms. The molecule has 2 unspecified atom stereocenters. The molecule has 0 saturated heterocycles. The summed E-state index contributed by atoms with van der Waals surface area (Å²) >= 11 is 0. The number of nitrogens with zero attached hydrogens (tertiary/aromatic N) is 5. The number of hydrogen-bond acceptors (Lipinski definition) is 8. The highest BCUT2D eigenvalue weighted by atomic mass is 32.2. The molecule has 2 heterocycles. The van der Waals surface area contributed by atoms with Gasteiger partial charge in [-0.3, -0.25) is 4.68 Å². The van der Waals surface area contributed by atoms with Crippen molar-refractivity contribution in [2.24, 2.45) is 7.05 Å². The van der Waals surface area contributed by atoms with Crippen molar-refractivity contribution in [3.8, 4) is 17.2 Å². The van der Waals surface area contributed by atoms with Crippen molar-refractivity contribution in [3.05, 3.63) is 83.8 Å². The fraction of sp³-hybridized carbons (Fsp3) is 0.367. The molecule has 2 aromatic heterocycles. The van der Waals surface area contributed by atoms with Gasteiger partial charge in [-0.2, -0.15) is 5.10 Å². The smallest absolute Gasteiger partial charge is 0.268 e. The third-order valence-corrected chi connectivity index (χ3v) is 9.55. The first-order valence-corrected chi connectivity index (χ1v) is 15.2. The zero-order chi connectivity index (χ0) is 31.6. The average molecular weight is 632 g/mol. The Kier molecular flexibility index (Phi) is 8.73. The summed E-state index contributed by atoms with van der Waals surface area (Å²) in [5.74, 6) is -3.62. The molecule has 0 spiro atoms. The Morgan fingerprint density at radius 1 is 1.07 bits per heavy atom. The maximum absolute atomic E-state index is 16.0. The second-order valence-corrected chi connectivity index (χ2v) is 12.3. The van der Waals surface area contributed by atoms with E-state index in [-0.39, 0.29) is 36.5 Å². The van der Waals surface area contributed by atoms with Crippen molar-refractivity contribution in [1.82, 2.24) is 19.7 Å². The molecule has 0 aliphatic heterocycles. The second-order valence-electron chi connectivity index (χ2n) is 10.5. The van der Waals surface area contributed by atoms with Gasteiger partial charge in [-0.15, -0.1) is 0 Å². The van der Waals surface area contributed by atoms with E-state index in [1.165, 1.54) is 45.8 Å². The molecule has 0 radical (unpaired) electrons. The highest BCUT2D eigenvalue weighted by Crippen LogP contribution is 2.43. The van der Waals surface area contributed by atoms with Gasteiger partial charge in [0.2, 0.25) is 0 Å². The van der Waals surface area contributed by atoms with Crippen molar-refractivity contribution in [3.63, 3.8) is 0 Å². The van der Waals surface area contributed by atoms with Gasteiger partial charge in [-0.1, -0.05) is 0 Å². The third kappa shape index (κ3) is 6.16. The second kappa shape index (κ2) is 12.3. The first-order chi connectivity index (χ1) is 20.9. The first-order valence-electron chi connectivity index (χ1n) is 13.8. The summed E-state index contributed by atoms with van der Waals surface area (Å²) in [5, 5.41) is 4.15. The van der Waals surface area contributed by atoms with E-state index >= 15 is 4.39 Å². The van der Waals surface area contributed by atoms with Crippen molar-refractivity contribution in [2.75, 3.05) is 18.5 Å². The Hall–Kier alpha value is -4.33. The van der Waals surface area contributed by atoms with Crippen molar-refractivity contribution in [1.29, 1.82) is 0 Å². The number of anilines is 1. The van der Waals surface area contributed by atoms with Crippen LogP contribution in [0.4, 0.5) is 19.0 Å². The van der Waals surface area contributed by atoms with Gasteiger partial charge in [-0.05, 0) is 43.7 Å². The molecular formula is C30H32F3N5O5S. The Labute approximate surface area is 253 Å². The molecule has 1 aliphatic carbocycles. The van der Waals surface area contributed by atoms with E-state index in [1.807, 2.05) is 0 Å². The largest absolute Gasteiger partial charge is 0.497 e. The van der Waals surface area contributed by atoms with Crippen LogP contribution in [0.3, 0.4) is 0 Å². The molecule has 5 rings (SSSR count). The van der Waals surface area contributed by atoms with Gasteiger partial charge in [0.05, 0.1) is 20.8 Å². The van der Waals surface area contributed by atoms with Crippen LogP contribution in [0.15, 0.2) is 66.1 Å². The monoisotopic (exact) mass is 631 g/mol. The molecule has 0 N–H and O–H groups in total. The summed E-state index contributed by atoms with van der Waals surface area (Å²) in [6.07, 6.45) is 2.39.